The third kappa shape index (κ3) is 6.61. The Kier molecular flexibility index (Phi) is 8.34. The summed E-state index contributed by atoms with van der Waals surface area (Å²) in [6, 6.07) is 11.4. The van der Waals surface area contributed by atoms with Gasteiger partial charge in [-0.15, -0.1) is 0 Å². The molecule has 0 aromatic heterocycles. The Bertz CT molecular complexity index is 818. The number of methoxy groups -OCH3 is 1. The van der Waals surface area contributed by atoms with Crippen LogP contribution in [0.2, 0.25) is 0 Å². The van der Waals surface area contributed by atoms with E-state index >= 15 is 0 Å². The topological polar surface area (TPSA) is 69.2 Å². The summed E-state index contributed by atoms with van der Waals surface area (Å²) in [5.41, 5.74) is 5.31. The predicted octanol–water partition coefficient (Wildman–Crippen LogP) is 4.02. The molecule has 0 aliphatic rings. The minimum absolute atomic E-state index is 0.102. The second kappa shape index (κ2) is 11.0. The van der Waals surface area contributed by atoms with Gasteiger partial charge in [-0.3, -0.25) is 4.79 Å². The number of nitrogens with zero attached hydrogens (tertiary/aromatic N) is 1. The number of hydrazone groups is 1. The smallest absolute Gasteiger partial charge is 0.277 e. The molecule has 28 heavy (non-hydrogen) atoms. The van der Waals surface area contributed by atoms with Gasteiger partial charge in [-0.2, -0.15) is 5.10 Å². The number of carbonyl (C=O) groups is 1. The standard InChI is InChI=1S/C22H28N2O4/c1-5-6-11-27-19-10-9-18(13-21(19)26-4)14-23-24-22(25)15-28-20-12-16(2)7-8-17(20)3/h7-10,12-14H,5-6,11,15H2,1-4H3,(H,24,25)/b23-14-. The molecule has 2 aromatic carbocycles. The van der Waals surface area contributed by atoms with Crippen LogP contribution in [0.25, 0.3) is 0 Å². The molecule has 1 amide bonds. The molecule has 0 atom stereocenters. The van der Waals surface area contributed by atoms with Crippen LogP contribution in [0.4, 0.5) is 0 Å². The SMILES string of the molecule is CCCCOc1ccc(/C=N\NC(=O)COc2cc(C)ccc2C)cc1OC. The van der Waals surface area contributed by atoms with Crippen LogP contribution >= 0.6 is 0 Å². The molecule has 0 spiro atoms. The number of benzene rings is 2. The molecule has 0 radical (unpaired) electrons. The fourth-order valence-electron chi connectivity index (χ4n) is 2.43. The van der Waals surface area contributed by atoms with Crippen molar-refractivity contribution in [3.05, 3.63) is 53.1 Å². The van der Waals surface area contributed by atoms with E-state index in [1.54, 1.807) is 13.3 Å². The molecule has 0 unspecified atom stereocenters. The van der Waals surface area contributed by atoms with Gasteiger partial charge in [0.15, 0.2) is 18.1 Å². The summed E-state index contributed by atoms with van der Waals surface area (Å²) >= 11 is 0. The molecule has 150 valence electrons. The van der Waals surface area contributed by atoms with Gasteiger partial charge in [-0.25, -0.2) is 5.43 Å². The Balaban J connectivity index is 1.87. The third-order valence-electron chi connectivity index (χ3n) is 4.05. The fourth-order valence-corrected chi connectivity index (χ4v) is 2.43. The van der Waals surface area contributed by atoms with Crippen LogP contribution in [0.5, 0.6) is 17.2 Å². The Morgan fingerprint density at radius 2 is 1.89 bits per heavy atom. The monoisotopic (exact) mass is 384 g/mol. The minimum atomic E-state index is -0.330. The van der Waals surface area contributed by atoms with Crippen molar-refractivity contribution in [2.24, 2.45) is 5.10 Å². The maximum Gasteiger partial charge on any atom is 0.277 e. The average Bonchev–Trinajstić information content (AvgIpc) is 2.69. The van der Waals surface area contributed by atoms with Crippen molar-refractivity contribution in [2.75, 3.05) is 20.3 Å². The zero-order valence-electron chi connectivity index (χ0n) is 17.0. The minimum Gasteiger partial charge on any atom is -0.493 e. The van der Waals surface area contributed by atoms with Crippen molar-refractivity contribution < 1.29 is 19.0 Å². The van der Waals surface area contributed by atoms with E-state index in [0.29, 0.717) is 23.9 Å². The number of hydrogen-bond acceptors (Lipinski definition) is 5. The lowest BCUT2D eigenvalue weighted by Gasteiger charge is -2.11. The van der Waals surface area contributed by atoms with Gasteiger partial charge >= 0.3 is 0 Å². The molecule has 0 aliphatic carbocycles. The van der Waals surface area contributed by atoms with Crippen LogP contribution in [0, 0.1) is 13.8 Å². The highest BCUT2D eigenvalue weighted by Gasteiger charge is 2.06. The molecule has 2 rings (SSSR count). The van der Waals surface area contributed by atoms with E-state index in [4.69, 9.17) is 14.2 Å². The first kappa shape index (κ1) is 21.3. The summed E-state index contributed by atoms with van der Waals surface area (Å²) in [6.45, 7) is 6.58. The Hall–Kier alpha value is -3.02. The van der Waals surface area contributed by atoms with Crippen molar-refractivity contribution in [1.82, 2.24) is 5.43 Å². The summed E-state index contributed by atoms with van der Waals surface area (Å²) in [5.74, 6) is 1.69. The zero-order valence-corrected chi connectivity index (χ0v) is 17.0. The zero-order chi connectivity index (χ0) is 20.4. The number of amides is 1. The van der Waals surface area contributed by atoms with E-state index < -0.39 is 0 Å². The van der Waals surface area contributed by atoms with Crippen LogP contribution in [0.1, 0.15) is 36.5 Å². The second-order valence-electron chi connectivity index (χ2n) is 6.46. The second-order valence-corrected chi connectivity index (χ2v) is 6.46. The molecule has 6 nitrogen and oxygen atoms in total. The number of ether oxygens (including phenoxy) is 3. The highest BCUT2D eigenvalue weighted by atomic mass is 16.5. The fraction of sp³-hybridized carbons (Fsp3) is 0.364. The van der Waals surface area contributed by atoms with Crippen LogP contribution in [0.3, 0.4) is 0 Å². The first-order valence-electron chi connectivity index (χ1n) is 9.36. The van der Waals surface area contributed by atoms with Gasteiger partial charge in [0.2, 0.25) is 0 Å². The molecular formula is C22H28N2O4. The Morgan fingerprint density at radius 1 is 1.07 bits per heavy atom. The van der Waals surface area contributed by atoms with Crippen molar-refractivity contribution in [3.63, 3.8) is 0 Å². The lowest BCUT2D eigenvalue weighted by atomic mass is 10.1. The summed E-state index contributed by atoms with van der Waals surface area (Å²) < 4.78 is 16.6. The molecular weight excluding hydrogens is 356 g/mol. The first-order valence-corrected chi connectivity index (χ1v) is 9.36. The van der Waals surface area contributed by atoms with E-state index in [2.05, 4.69) is 17.5 Å². The van der Waals surface area contributed by atoms with Crippen LogP contribution in [-0.4, -0.2) is 32.4 Å². The Morgan fingerprint density at radius 3 is 2.64 bits per heavy atom. The average molecular weight is 384 g/mol. The number of carbonyl (C=O) groups excluding carboxylic acids is 1. The maximum absolute atomic E-state index is 11.9. The van der Waals surface area contributed by atoms with Gasteiger partial charge in [0.05, 0.1) is 19.9 Å². The molecule has 1 N–H and O–H groups in total. The van der Waals surface area contributed by atoms with E-state index in [1.807, 2.05) is 50.2 Å². The number of aryl methyl sites for hydroxylation is 2. The van der Waals surface area contributed by atoms with E-state index in [-0.39, 0.29) is 12.5 Å². The van der Waals surface area contributed by atoms with Crippen LogP contribution < -0.4 is 19.6 Å². The number of nitrogens with one attached hydrogen (secondary N) is 1. The van der Waals surface area contributed by atoms with E-state index in [1.165, 1.54) is 0 Å². The lowest BCUT2D eigenvalue weighted by Crippen LogP contribution is -2.24. The summed E-state index contributed by atoms with van der Waals surface area (Å²) in [5, 5.41) is 3.97. The molecule has 0 saturated heterocycles. The van der Waals surface area contributed by atoms with Crippen molar-refractivity contribution in [3.8, 4) is 17.2 Å². The normalized spacial score (nSPS) is 10.7. The van der Waals surface area contributed by atoms with E-state index in [9.17, 15) is 4.79 Å². The molecule has 0 heterocycles. The van der Waals surface area contributed by atoms with Gasteiger partial charge in [0, 0.05) is 0 Å². The lowest BCUT2D eigenvalue weighted by molar-refractivity contribution is -0.123. The summed E-state index contributed by atoms with van der Waals surface area (Å²) in [7, 11) is 1.59. The molecule has 6 heteroatoms. The van der Waals surface area contributed by atoms with Gasteiger partial charge in [0.25, 0.3) is 5.91 Å². The Labute approximate surface area is 166 Å². The quantitative estimate of drug-likeness (QED) is 0.382. The highest BCUT2D eigenvalue weighted by molar-refractivity contribution is 5.83. The van der Waals surface area contributed by atoms with Crippen molar-refractivity contribution in [1.29, 1.82) is 0 Å². The van der Waals surface area contributed by atoms with Crippen LogP contribution in [-0.2, 0) is 4.79 Å². The van der Waals surface area contributed by atoms with Gasteiger partial charge in [-0.1, -0.05) is 25.5 Å². The molecule has 2 aromatic rings. The molecule has 0 fully saturated rings. The third-order valence-corrected chi connectivity index (χ3v) is 4.05. The summed E-state index contributed by atoms with van der Waals surface area (Å²) in [4.78, 5) is 11.9. The molecule has 0 aliphatic heterocycles. The highest BCUT2D eigenvalue weighted by Crippen LogP contribution is 2.27. The van der Waals surface area contributed by atoms with Gasteiger partial charge < -0.3 is 14.2 Å². The van der Waals surface area contributed by atoms with Crippen LogP contribution in [0.15, 0.2) is 41.5 Å². The van der Waals surface area contributed by atoms with E-state index in [0.717, 1.165) is 29.5 Å². The first-order chi connectivity index (χ1) is 13.5. The summed E-state index contributed by atoms with van der Waals surface area (Å²) in [6.07, 6.45) is 3.61. The maximum atomic E-state index is 11.9. The largest absolute Gasteiger partial charge is 0.493 e. The molecule has 0 saturated carbocycles. The number of rotatable bonds is 10. The van der Waals surface area contributed by atoms with Gasteiger partial charge in [0.1, 0.15) is 5.75 Å². The number of unbranched alkanes of at least 4 members (excludes halogenated alkanes) is 1. The van der Waals surface area contributed by atoms with Crippen molar-refractivity contribution >= 4 is 12.1 Å². The van der Waals surface area contributed by atoms with Gasteiger partial charge in [-0.05, 0) is 61.2 Å². The van der Waals surface area contributed by atoms with Crippen molar-refractivity contribution in [2.45, 2.75) is 33.6 Å². The number of hydrogen-bond donors (Lipinski definition) is 1. The predicted molar refractivity (Wildman–Crippen MR) is 111 cm³/mol. The molecule has 0 bridgehead atoms.